The fourth-order valence-corrected chi connectivity index (χ4v) is 0.986. The summed E-state index contributed by atoms with van der Waals surface area (Å²) in [5, 5.41) is 0. The van der Waals surface area contributed by atoms with Crippen LogP contribution in [0, 0.1) is 0 Å². The Morgan fingerprint density at radius 1 is 1.27 bits per heavy atom. The fourth-order valence-electron chi connectivity index (χ4n) is 0.986. The number of carbonyl (C=O) groups excluding carboxylic acids is 1. The molecule has 1 amide bonds. The molecule has 0 heterocycles. The summed E-state index contributed by atoms with van der Waals surface area (Å²) in [6.07, 6.45) is 1.79. The molecule has 0 bridgehead atoms. The molecule has 0 aromatic carbocycles. The van der Waals surface area contributed by atoms with Crippen LogP contribution in [0.2, 0.25) is 0 Å². The first-order valence-electron chi connectivity index (χ1n) is 4.10. The Labute approximate surface area is 67.4 Å². The van der Waals surface area contributed by atoms with Crippen molar-refractivity contribution in [1.82, 2.24) is 4.90 Å². The third-order valence-electron chi connectivity index (χ3n) is 1.45. The number of hydrogen-bond donors (Lipinski definition) is 0. The van der Waals surface area contributed by atoms with E-state index in [9.17, 15) is 9.18 Å². The quantitative estimate of drug-likeness (QED) is 0.599. The van der Waals surface area contributed by atoms with Crippen LogP contribution in [0.15, 0.2) is 0 Å². The molecular formula is C8H16FNO. The number of amides is 1. The van der Waals surface area contributed by atoms with E-state index in [1.54, 1.807) is 4.90 Å². The molecule has 0 spiro atoms. The smallest absolute Gasteiger partial charge is 0.253 e. The Morgan fingerprint density at radius 2 is 1.73 bits per heavy atom. The Hall–Kier alpha value is -0.600. The molecule has 0 unspecified atom stereocenters. The molecule has 0 aliphatic heterocycles. The van der Waals surface area contributed by atoms with E-state index in [2.05, 4.69) is 0 Å². The molecule has 0 saturated heterocycles. The molecular weight excluding hydrogens is 145 g/mol. The molecule has 0 saturated carbocycles. The Morgan fingerprint density at radius 3 is 2.00 bits per heavy atom. The molecule has 66 valence electrons. The summed E-state index contributed by atoms with van der Waals surface area (Å²) in [6, 6.07) is 0. The number of nitrogens with zero attached hydrogens (tertiary/aromatic N) is 1. The second-order valence-electron chi connectivity index (χ2n) is 2.51. The lowest BCUT2D eigenvalue weighted by Crippen LogP contribution is -2.33. The highest BCUT2D eigenvalue weighted by atomic mass is 19.1. The van der Waals surface area contributed by atoms with Gasteiger partial charge in [-0.15, -0.1) is 0 Å². The molecule has 0 radical (unpaired) electrons. The Kier molecular flexibility index (Phi) is 5.80. The molecule has 0 atom stereocenters. The predicted molar refractivity (Wildman–Crippen MR) is 43.1 cm³/mol. The van der Waals surface area contributed by atoms with Gasteiger partial charge in [-0.1, -0.05) is 13.8 Å². The van der Waals surface area contributed by atoms with Gasteiger partial charge in [0, 0.05) is 13.1 Å². The van der Waals surface area contributed by atoms with Gasteiger partial charge in [0.25, 0.3) is 5.91 Å². The molecule has 0 N–H and O–H groups in total. The molecule has 2 nitrogen and oxygen atoms in total. The number of alkyl halides is 1. The van der Waals surface area contributed by atoms with Gasteiger partial charge in [0.2, 0.25) is 0 Å². The molecule has 0 fully saturated rings. The van der Waals surface area contributed by atoms with Crippen LogP contribution in [-0.2, 0) is 4.79 Å². The highest BCUT2D eigenvalue weighted by molar-refractivity contribution is 5.77. The number of carbonyl (C=O) groups is 1. The van der Waals surface area contributed by atoms with Gasteiger partial charge in [-0.3, -0.25) is 4.79 Å². The van der Waals surface area contributed by atoms with Gasteiger partial charge < -0.3 is 4.90 Å². The minimum Gasteiger partial charge on any atom is -0.340 e. The second-order valence-corrected chi connectivity index (χ2v) is 2.51. The first-order chi connectivity index (χ1) is 5.26. The highest BCUT2D eigenvalue weighted by Gasteiger charge is 2.09. The third-order valence-corrected chi connectivity index (χ3v) is 1.45. The van der Waals surface area contributed by atoms with Crippen molar-refractivity contribution in [3.63, 3.8) is 0 Å². The normalized spacial score (nSPS) is 9.73. The molecule has 0 aliphatic rings. The summed E-state index contributed by atoms with van der Waals surface area (Å²) < 4.78 is 11.9. The highest BCUT2D eigenvalue weighted by Crippen LogP contribution is 1.95. The van der Waals surface area contributed by atoms with E-state index in [-0.39, 0.29) is 5.91 Å². The van der Waals surface area contributed by atoms with Gasteiger partial charge in [-0.2, -0.15) is 0 Å². The van der Waals surface area contributed by atoms with Crippen molar-refractivity contribution in [2.24, 2.45) is 0 Å². The lowest BCUT2D eigenvalue weighted by molar-refractivity contribution is -0.132. The van der Waals surface area contributed by atoms with E-state index in [0.29, 0.717) is 13.1 Å². The summed E-state index contributed by atoms with van der Waals surface area (Å²) in [5.41, 5.74) is 0. The second kappa shape index (κ2) is 6.13. The van der Waals surface area contributed by atoms with Gasteiger partial charge in [-0.05, 0) is 12.8 Å². The Balaban J connectivity index is 3.76. The number of halogens is 1. The molecule has 0 aromatic rings. The molecule has 0 aromatic heterocycles. The maximum absolute atomic E-state index is 11.9. The van der Waals surface area contributed by atoms with E-state index >= 15 is 0 Å². The maximum Gasteiger partial charge on any atom is 0.253 e. The van der Waals surface area contributed by atoms with E-state index in [1.165, 1.54) is 0 Å². The molecule has 11 heavy (non-hydrogen) atoms. The summed E-state index contributed by atoms with van der Waals surface area (Å²) in [6.45, 7) is 4.45. The van der Waals surface area contributed by atoms with Crippen molar-refractivity contribution in [3.05, 3.63) is 0 Å². The average molecular weight is 161 g/mol. The summed E-state index contributed by atoms with van der Waals surface area (Å²) in [7, 11) is 0. The third kappa shape index (κ3) is 3.96. The van der Waals surface area contributed by atoms with Gasteiger partial charge in [-0.25, -0.2) is 4.39 Å². The van der Waals surface area contributed by atoms with Crippen molar-refractivity contribution in [2.75, 3.05) is 19.8 Å². The zero-order valence-corrected chi connectivity index (χ0v) is 7.27. The van der Waals surface area contributed by atoms with E-state index in [1.807, 2.05) is 13.8 Å². The minimum atomic E-state index is -0.861. The van der Waals surface area contributed by atoms with Crippen LogP contribution < -0.4 is 0 Å². The largest absolute Gasteiger partial charge is 0.340 e. The zero-order valence-electron chi connectivity index (χ0n) is 7.27. The van der Waals surface area contributed by atoms with Crippen molar-refractivity contribution >= 4 is 5.91 Å². The lowest BCUT2D eigenvalue weighted by Gasteiger charge is -2.19. The monoisotopic (exact) mass is 161 g/mol. The Bertz CT molecular complexity index is 111. The van der Waals surface area contributed by atoms with Gasteiger partial charge in [0.15, 0.2) is 6.67 Å². The van der Waals surface area contributed by atoms with Crippen molar-refractivity contribution in [2.45, 2.75) is 26.7 Å². The van der Waals surface area contributed by atoms with Crippen LogP contribution in [0.4, 0.5) is 4.39 Å². The van der Waals surface area contributed by atoms with Crippen molar-refractivity contribution in [3.8, 4) is 0 Å². The van der Waals surface area contributed by atoms with Gasteiger partial charge in [0.05, 0.1) is 0 Å². The van der Waals surface area contributed by atoms with E-state index in [0.717, 1.165) is 12.8 Å². The minimum absolute atomic E-state index is 0.381. The van der Waals surface area contributed by atoms with Gasteiger partial charge >= 0.3 is 0 Å². The van der Waals surface area contributed by atoms with Crippen LogP contribution in [0.3, 0.4) is 0 Å². The van der Waals surface area contributed by atoms with Crippen LogP contribution in [0.1, 0.15) is 26.7 Å². The number of rotatable bonds is 5. The van der Waals surface area contributed by atoms with Crippen molar-refractivity contribution < 1.29 is 9.18 Å². The first-order valence-corrected chi connectivity index (χ1v) is 4.10. The van der Waals surface area contributed by atoms with E-state index < -0.39 is 6.67 Å². The molecule has 0 aliphatic carbocycles. The zero-order chi connectivity index (χ0) is 8.69. The van der Waals surface area contributed by atoms with Crippen LogP contribution in [0.25, 0.3) is 0 Å². The lowest BCUT2D eigenvalue weighted by atomic mass is 10.3. The topological polar surface area (TPSA) is 20.3 Å². The van der Waals surface area contributed by atoms with Crippen LogP contribution in [-0.4, -0.2) is 30.6 Å². The predicted octanol–water partition coefficient (Wildman–Crippen LogP) is 1.60. The van der Waals surface area contributed by atoms with Crippen molar-refractivity contribution in [1.29, 1.82) is 0 Å². The maximum atomic E-state index is 11.9. The van der Waals surface area contributed by atoms with E-state index in [4.69, 9.17) is 0 Å². The van der Waals surface area contributed by atoms with Crippen LogP contribution in [0.5, 0.6) is 0 Å². The summed E-state index contributed by atoms with van der Waals surface area (Å²) in [5.74, 6) is -0.381. The number of hydrogen-bond acceptors (Lipinski definition) is 1. The summed E-state index contributed by atoms with van der Waals surface area (Å²) >= 11 is 0. The first kappa shape index (κ1) is 10.4. The average Bonchev–Trinajstić information content (AvgIpc) is 2.03. The standard InChI is InChI=1S/C8H16FNO/c1-3-5-10(6-4-2)8(11)7-9/h3-7H2,1-2H3. The summed E-state index contributed by atoms with van der Waals surface area (Å²) in [4.78, 5) is 12.4. The molecule has 0 rings (SSSR count). The van der Waals surface area contributed by atoms with Crippen LogP contribution >= 0.6 is 0 Å². The SMILES string of the molecule is CCCN(CCC)C(=O)CF. The molecule has 3 heteroatoms. The van der Waals surface area contributed by atoms with Gasteiger partial charge in [0.1, 0.15) is 0 Å². The fraction of sp³-hybridized carbons (Fsp3) is 0.875.